The number of H-pyrrole nitrogens is 1. The minimum absolute atomic E-state index is 0.0539. The Morgan fingerprint density at radius 3 is 2.95 bits per heavy atom. The Labute approximate surface area is 121 Å². The molecule has 2 rings (SSSR count). The van der Waals surface area contributed by atoms with E-state index >= 15 is 0 Å². The van der Waals surface area contributed by atoms with Crippen LogP contribution in [0.4, 0.5) is 0 Å². The Morgan fingerprint density at radius 1 is 1.48 bits per heavy atom. The topological polar surface area (TPSA) is 130 Å². The molecule has 3 N–H and O–H groups in total. The second-order valence-corrected chi connectivity index (χ2v) is 6.07. The number of aromatic amines is 1. The summed E-state index contributed by atoms with van der Waals surface area (Å²) in [4.78, 5) is 17.4. The van der Waals surface area contributed by atoms with Crippen LogP contribution >= 0.6 is 0 Å². The summed E-state index contributed by atoms with van der Waals surface area (Å²) in [6, 6.07) is 0. The van der Waals surface area contributed by atoms with Gasteiger partial charge in [-0.2, -0.15) is 5.10 Å². The quantitative estimate of drug-likeness (QED) is 0.569. The molecule has 0 bridgehead atoms. The molecule has 0 atom stereocenters. The summed E-state index contributed by atoms with van der Waals surface area (Å²) in [6.45, 7) is -0.124. The van der Waals surface area contributed by atoms with E-state index < -0.39 is 16.0 Å². The number of carboxylic acids is 1. The van der Waals surface area contributed by atoms with Crippen molar-refractivity contribution in [1.29, 1.82) is 0 Å². The van der Waals surface area contributed by atoms with Crippen LogP contribution < -0.4 is 4.72 Å². The van der Waals surface area contributed by atoms with Crippen LogP contribution in [-0.4, -0.2) is 45.8 Å². The molecular formula is C11H15N5O4S. The van der Waals surface area contributed by atoms with E-state index in [-0.39, 0.29) is 18.0 Å². The summed E-state index contributed by atoms with van der Waals surface area (Å²) in [5, 5.41) is 12.3. The smallest absolute Gasteiger partial charge is 0.325 e. The van der Waals surface area contributed by atoms with Gasteiger partial charge in [0, 0.05) is 31.6 Å². The van der Waals surface area contributed by atoms with Gasteiger partial charge in [0.15, 0.2) is 0 Å². The van der Waals surface area contributed by atoms with Crippen molar-refractivity contribution < 1.29 is 18.3 Å². The molecule has 2 aromatic rings. The molecule has 0 aliphatic carbocycles. The van der Waals surface area contributed by atoms with Gasteiger partial charge in [0.2, 0.25) is 10.0 Å². The molecule has 0 fully saturated rings. The van der Waals surface area contributed by atoms with Gasteiger partial charge in [-0.25, -0.2) is 18.1 Å². The number of hydrogen-bond donors (Lipinski definition) is 3. The molecular weight excluding hydrogens is 298 g/mol. The van der Waals surface area contributed by atoms with Gasteiger partial charge >= 0.3 is 5.97 Å². The number of sulfonamides is 1. The van der Waals surface area contributed by atoms with Crippen molar-refractivity contribution in [2.45, 2.75) is 24.3 Å². The first-order chi connectivity index (χ1) is 9.97. The van der Waals surface area contributed by atoms with Crippen LogP contribution in [0.2, 0.25) is 0 Å². The molecule has 0 amide bonds. The number of aliphatic carboxylic acids is 1. The monoisotopic (exact) mass is 313 g/mol. The summed E-state index contributed by atoms with van der Waals surface area (Å²) in [7, 11) is -3.67. The highest BCUT2D eigenvalue weighted by molar-refractivity contribution is 7.89. The summed E-state index contributed by atoms with van der Waals surface area (Å²) in [6.07, 6.45) is 6.87. The maximum absolute atomic E-state index is 12.0. The van der Waals surface area contributed by atoms with E-state index in [4.69, 9.17) is 5.11 Å². The van der Waals surface area contributed by atoms with Gasteiger partial charge in [-0.1, -0.05) is 0 Å². The lowest BCUT2D eigenvalue weighted by Gasteiger charge is -2.03. The highest BCUT2D eigenvalue weighted by atomic mass is 32.2. The molecule has 0 saturated carbocycles. The van der Waals surface area contributed by atoms with Crippen LogP contribution in [0.1, 0.15) is 12.2 Å². The van der Waals surface area contributed by atoms with Gasteiger partial charge < -0.3 is 10.1 Å². The Hall–Kier alpha value is -2.20. The standard InChI is InChI=1S/C11H15N5O4S/c17-11(18)8-16-7-9(6-14-16)21(19,20)15-3-1-2-10-12-4-5-13-10/h4-7,15H,1-3,8H2,(H,12,13)(H,17,18). The van der Waals surface area contributed by atoms with Gasteiger partial charge in [-0.15, -0.1) is 0 Å². The first-order valence-electron chi connectivity index (χ1n) is 6.19. The lowest BCUT2D eigenvalue weighted by atomic mass is 10.3. The molecule has 10 heteroatoms. The normalized spacial score (nSPS) is 11.6. The second kappa shape index (κ2) is 6.50. The molecule has 2 aromatic heterocycles. The number of rotatable bonds is 8. The summed E-state index contributed by atoms with van der Waals surface area (Å²) in [5.41, 5.74) is 0. The second-order valence-electron chi connectivity index (χ2n) is 4.30. The van der Waals surface area contributed by atoms with Crippen molar-refractivity contribution >= 4 is 16.0 Å². The van der Waals surface area contributed by atoms with E-state index in [1.165, 1.54) is 6.20 Å². The van der Waals surface area contributed by atoms with Gasteiger partial charge in [-0.05, 0) is 6.42 Å². The first kappa shape index (κ1) is 15.2. The van der Waals surface area contributed by atoms with E-state index in [0.717, 1.165) is 16.7 Å². The minimum atomic E-state index is -3.67. The van der Waals surface area contributed by atoms with Crippen LogP contribution in [0, 0.1) is 0 Å². The number of aryl methyl sites for hydroxylation is 1. The average Bonchev–Trinajstić information content (AvgIpc) is 3.05. The molecule has 21 heavy (non-hydrogen) atoms. The zero-order valence-corrected chi connectivity index (χ0v) is 11.9. The Kier molecular flexibility index (Phi) is 4.70. The largest absolute Gasteiger partial charge is 0.480 e. The van der Waals surface area contributed by atoms with Crippen molar-refractivity contribution in [2.24, 2.45) is 0 Å². The zero-order chi connectivity index (χ0) is 15.3. The fourth-order valence-electron chi connectivity index (χ4n) is 1.69. The SMILES string of the molecule is O=C(O)Cn1cc(S(=O)(=O)NCCCc2ncc[nH]2)cn1. The Morgan fingerprint density at radius 2 is 2.29 bits per heavy atom. The molecule has 0 radical (unpaired) electrons. The fourth-order valence-corrected chi connectivity index (χ4v) is 2.71. The average molecular weight is 313 g/mol. The number of carbonyl (C=O) groups is 1. The Bertz CT molecular complexity index is 692. The molecule has 0 spiro atoms. The van der Waals surface area contributed by atoms with Crippen LogP contribution in [0.15, 0.2) is 29.7 Å². The van der Waals surface area contributed by atoms with E-state index in [1.54, 1.807) is 12.4 Å². The molecule has 2 heterocycles. The van der Waals surface area contributed by atoms with Gasteiger partial charge in [0.05, 0.1) is 6.20 Å². The summed E-state index contributed by atoms with van der Waals surface area (Å²) in [5.74, 6) is -0.295. The summed E-state index contributed by atoms with van der Waals surface area (Å²) >= 11 is 0. The van der Waals surface area contributed by atoms with Crippen molar-refractivity contribution in [2.75, 3.05) is 6.54 Å². The van der Waals surface area contributed by atoms with Crippen LogP contribution in [0.25, 0.3) is 0 Å². The molecule has 0 saturated heterocycles. The van der Waals surface area contributed by atoms with E-state index in [1.807, 2.05) is 0 Å². The first-order valence-corrected chi connectivity index (χ1v) is 7.68. The highest BCUT2D eigenvalue weighted by Crippen LogP contribution is 2.07. The predicted molar refractivity (Wildman–Crippen MR) is 72.0 cm³/mol. The predicted octanol–water partition coefficient (Wildman–Crippen LogP) is -0.398. The maximum atomic E-state index is 12.0. The van der Waals surface area contributed by atoms with Gasteiger partial charge in [-0.3, -0.25) is 9.48 Å². The van der Waals surface area contributed by atoms with E-state index in [9.17, 15) is 13.2 Å². The molecule has 9 nitrogen and oxygen atoms in total. The number of hydrogen-bond acceptors (Lipinski definition) is 5. The molecule has 0 aliphatic heterocycles. The van der Waals surface area contributed by atoms with E-state index in [0.29, 0.717) is 12.8 Å². The minimum Gasteiger partial charge on any atom is -0.480 e. The molecule has 0 unspecified atom stereocenters. The van der Waals surface area contributed by atoms with E-state index in [2.05, 4.69) is 19.8 Å². The molecule has 0 aliphatic rings. The van der Waals surface area contributed by atoms with Crippen molar-refractivity contribution in [1.82, 2.24) is 24.5 Å². The van der Waals surface area contributed by atoms with Gasteiger partial charge in [0.1, 0.15) is 17.3 Å². The third kappa shape index (κ3) is 4.39. The van der Waals surface area contributed by atoms with Crippen molar-refractivity contribution in [3.05, 3.63) is 30.6 Å². The van der Waals surface area contributed by atoms with Gasteiger partial charge in [0.25, 0.3) is 0 Å². The Balaban J connectivity index is 1.86. The van der Waals surface area contributed by atoms with Crippen LogP contribution in [0.5, 0.6) is 0 Å². The number of nitrogens with one attached hydrogen (secondary N) is 2. The maximum Gasteiger partial charge on any atom is 0.325 e. The summed E-state index contributed by atoms with van der Waals surface area (Å²) < 4.78 is 27.4. The zero-order valence-electron chi connectivity index (χ0n) is 11.1. The molecule has 0 aromatic carbocycles. The lowest BCUT2D eigenvalue weighted by Crippen LogP contribution is -2.25. The number of carboxylic acid groups (broad SMARTS) is 1. The van der Waals surface area contributed by atoms with Crippen LogP contribution in [0.3, 0.4) is 0 Å². The molecule has 114 valence electrons. The van der Waals surface area contributed by atoms with Crippen molar-refractivity contribution in [3.63, 3.8) is 0 Å². The van der Waals surface area contributed by atoms with Crippen LogP contribution in [-0.2, 0) is 27.8 Å². The highest BCUT2D eigenvalue weighted by Gasteiger charge is 2.16. The fraction of sp³-hybridized carbons (Fsp3) is 0.364. The number of aromatic nitrogens is 4. The third-order valence-corrected chi connectivity index (χ3v) is 4.07. The number of nitrogens with zero attached hydrogens (tertiary/aromatic N) is 3. The lowest BCUT2D eigenvalue weighted by molar-refractivity contribution is -0.137. The van der Waals surface area contributed by atoms with Crippen molar-refractivity contribution in [3.8, 4) is 0 Å². The third-order valence-electron chi connectivity index (χ3n) is 2.65. The number of imidazole rings is 1.